The van der Waals surface area contributed by atoms with Gasteiger partial charge in [-0.1, -0.05) is 31.9 Å². The van der Waals surface area contributed by atoms with Gasteiger partial charge in [0.2, 0.25) is 5.91 Å². The lowest BCUT2D eigenvalue weighted by atomic mass is 10.1. The molecule has 0 saturated carbocycles. The molecule has 8 heteroatoms. The zero-order chi connectivity index (χ0) is 20.1. The summed E-state index contributed by atoms with van der Waals surface area (Å²) in [6.07, 6.45) is 2.22. The van der Waals surface area contributed by atoms with E-state index in [4.69, 9.17) is 4.74 Å². The number of sulfonamides is 1. The Balaban J connectivity index is 1.86. The molecule has 1 aliphatic heterocycles. The first kappa shape index (κ1) is 19.9. The number of anilines is 1. The number of amides is 1. The first-order valence-corrected chi connectivity index (χ1v) is 10.6. The van der Waals surface area contributed by atoms with Gasteiger partial charge in [0.15, 0.2) is 0 Å². The van der Waals surface area contributed by atoms with Crippen LogP contribution in [0.3, 0.4) is 0 Å². The predicted octanol–water partition coefficient (Wildman–Crippen LogP) is 2.93. The lowest BCUT2D eigenvalue weighted by molar-refractivity contribution is -0.117. The van der Waals surface area contributed by atoms with E-state index in [1.54, 1.807) is 49.6 Å². The van der Waals surface area contributed by atoms with Crippen LogP contribution in [-0.4, -0.2) is 33.3 Å². The van der Waals surface area contributed by atoms with E-state index < -0.39 is 16.1 Å². The summed E-state index contributed by atoms with van der Waals surface area (Å²) in [4.78, 5) is 17.5. The van der Waals surface area contributed by atoms with Gasteiger partial charge in [0, 0.05) is 11.3 Å². The number of carbonyl (C=O) groups is 1. The summed E-state index contributed by atoms with van der Waals surface area (Å²) in [6, 6.07) is 12.9. The highest BCUT2D eigenvalue weighted by molar-refractivity contribution is 7.90. The summed E-state index contributed by atoms with van der Waals surface area (Å²) in [5.74, 6) is 0.619. The SMILES string of the molecule is CCCCC(N=C1NS(=O)(=O)c2ccccc21)C(=O)Nc1ccc(OC)cc1. The van der Waals surface area contributed by atoms with E-state index in [-0.39, 0.29) is 16.6 Å². The van der Waals surface area contributed by atoms with Gasteiger partial charge in [0.05, 0.1) is 12.0 Å². The Hall–Kier alpha value is -2.87. The van der Waals surface area contributed by atoms with Crippen LogP contribution in [0.2, 0.25) is 0 Å². The maximum Gasteiger partial charge on any atom is 0.263 e. The molecule has 148 valence electrons. The fourth-order valence-corrected chi connectivity index (χ4v) is 4.18. The number of unbranched alkanes of at least 4 members (excludes halogenated alkanes) is 1. The molecular weight excluding hydrogens is 378 g/mol. The van der Waals surface area contributed by atoms with Crippen LogP contribution < -0.4 is 14.8 Å². The first-order valence-electron chi connectivity index (χ1n) is 9.09. The van der Waals surface area contributed by atoms with Crippen molar-refractivity contribution in [2.24, 2.45) is 4.99 Å². The van der Waals surface area contributed by atoms with Gasteiger partial charge in [-0.15, -0.1) is 0 Å². The third-order valence-corrected chi connectivity index (χ3v) is 5.84. The molecule has 28 heavy (non-hydrogen) atoms. The van der Waals surface area contributed by atoms with Crippen molar-refractivity contribution in [3.05, 3.63) is 54.1 Å². The van der Waals surface area contributed by atoms with Crippen molar-refractivity contribution in [2.75, 3.05) is 12.4 Å². The molecule has 1 unspecified atom stereocenters. The molecule has 7 nitrogen and oxygen atoms in total. The second-order valence-corrected chi connectivity index (χ2v) is 8.11. The molecule has 0 fully saturated rings. The van der Waals surface area contributed by atoms with E-state index in [1.165, 1.54) is 6.07 Å². The lowest BCUT2D eigenvalue weighted by Gasteiger charge is -2.14. The minimum atomic E-state index is -3.64. The molecule has 0 bridgehead atoms. The Morgan fingerprint density at radius 1 is 1.18 bits per heavy atom. The van der Waals surface area contributed by atoms with Crippen LogP contribution >= 0.6 is 0 Å². The zero-order valence-corrected chi connectivity index (χ0v) is 16.6. The third-order valence-electron chi connectivity index (χ3n) is 4.44. The standard InChI is InChI=1S/C20H23N3O4S/c1-3-4-8-17(20(24)21-14-10-12-15(27-2)13-11-14)22-19-16-7-5-6-9-18(16)28(25,26)23-19/h5-7,9-13,17H,3-4,8H2,1-2H3,(H,21,24)(H,22,23). The van der Waals surface area contributed by atoms with Crippen LogP contribution in [0, 0.1) is 0 Å². The number of benzene rings is 2. The maximum atomic E-state index is 12.8. The van der Waals surface area contributed by atoms with Gasteiger partial charge in [-0.25, -0.2) is 8.42 Å². The van der Waals surface area contributed by atoms with Gasteiger partial charge < -0.3 is 10.1 Å². The van der Waals surface area contributed by atoms with Gasteiger partial charge in [-0.2, -0.15) is 0 Å². The summed E-state index contributed by atoms with van der Waals surface area (Å²) < 4.78 is 32.1. The van der Waals surface area contributed by atoms with Gasteiger partial charge in [0.25, 0.3) is 10.0 Å². The molecular formula is C20H23N3O4S. The average Bonchev–Trinajstić information content (AvgIpc) is 2.96. The predicted molar refractivity (Wildman–Crippen MR) is 108 cm³/mol. The van der Waals surface area contributed by atoms with Crippen molar-refractivity contribution >= 4 is 27.5 Å². The van der Waals surface area contributed by atoms with Crippen molar-refractivity contribution in [3.63, 3.8) is 0 Å². The molecule has 1 atom stereocenters. The van der Waals surface area contributed by atoms with E-state index in [0.29, 0.717) is 23.4 Å². The Labute approximate surface area is 164 Å². The number of nitrogens with zero attached hydrogens (tertiary/aromatic N) is 1. The Morgan fingerprint density at radius 2 is 1.89 bits per heavy atom. The molecule has 2 aromatic carbocycles. The summed E-state index contributed by atoms with van der Waals surface area (Å²) in [6.45, 7) is 2.03. The summed E-state index contributed by atoms with van der Waals surface area (Å²) >= 11 is 0. The molecule has 1 heterocycles. The number of rotatable bonds is 7. The minimum Gasteiger partial charge on any atom is -0.497 e. The fraction of sp³-hybridized carbons (Fsp3) is 0.300. The Bertz CT molecular complexity index is 985. The second kappa shape index (κ2) is 8.43. The lowest BCUT2D eigenvalue weighted by Crippen LogP contribution is -2.30. The number of aliphatic imine (C=N–C) groups is 1. The number of carbonyl (C=O) groups excluding carboxylic acids is 1. The smallest absolute Gasteiger partial charge is 0.263 e. The normalized spacial score (nSPS) is 16.9. The van der Waals surface area contributed by atoms with Crippen LogP contribution in [0.25, 0.3) is 0 Å². The molecule has 2 N–H and O–H groups in total. The number of hydrogen-bond donors (Lipinski definition) is 2. The number of fused-ring (bicyclic) bond motifs is 1. The summed E-state index contributed by atoms with van der Waals surface area (Å²) in [5, 5.41) is 2.84. The van der Waals surface area contributed by atoms with Crippen LogP contribution in [0.15, 0.2) is 58.4 Å². The molecule has 0 aromatic heterocycles. The van der Waals surface area contributed by atoms with Crippen LogP contribution in [0.1, 0.15) is 31.7 Å². The first-order chi connectivity index (χ1) is 13.4. The molecule has 2 aromatic rings. The largest absolute Gasteiger partial charge is 0.497 e. The topological polar surface area (TPSA) is 96.9 Å². The minimum absolute atomic E-state index is 0.179. The van der Waals surface area contributed by atoms with Crippen molar-refractivity contribution in [1.82, 2.24) is 4.72 Å². The number of amidine groups is 1. The van der Waals surface area contributed by atoms with E-state index in [0.717, 1.165) is 12.8 Å². The number of hydrogen-bond acceptors (Lipinski definition) is 5. The number of nitrogens with one attached hydrogen (secondary N) is 2. The third kappa shape index (κ3) is 4.33. The number of methoxy groups -OCH3 is 1. The zero-order valence-electron chi connectivity index (χ0n) is 15.8. The highest BCUT2D eigenvalue weighted by Crippen LogP contribution is 2.23. The van der Waals surface area contributed by atoms with Crippen LogP contribution in [-0.2, 0) is 14.8 Å². The molecule has 3 rings (SSSR count). The van der Waals surface area contributed by atoms with E-state index in [1.807, 2.05) is 6.92 Å². The van der Waals surface area contributed by atoms with Crippen molar-refractivity contribution in [2.45, 2.75) is 37.1 Å². The Morgan fingerprint density at radius 3 is 2.57 bits per heavy atom. The highest BCUT2D eigenvalue weighted by Gasteiger charge is 2.31. The molecule has 0 spiro atoms. The van der Waals surface area contributed by atoms with E-state index in [9.17, 15) is 13.2 Å². The molecule has 1 amide bonds. The molecule has 0 radical (unpaired) electrons. The monoisotopic (exact) mass is 401 g/mol. The van der Waals surface area contributed by atoms with Gasteiger partial charge >= 0.3 is 0 Å². The van der Waals surface area contributed by atoms with Crippen molar-refractivity contribution in [1.29, 1.82) is 0 Å². The molecule has 0 saturated heterocycles. The summed E-state index contributed by atoms with van der Waals surface area (Å²) in [7, 11) is -2.07. The van der Waals surface area contributed by atoms with Crippen molar-refractivity contribution in [3.8, 4) is 5.75 Å². The second-order valence-electron chi connectivity index (χ2n) is 6.46. The number of ether oxygens (including phenoxy) is 1. The van der Waals surface area contributed by atoms with Gasteiger partial charge in [-0.3, -0.25) is 14.5 Å². The average molecular weight is 401 g/mol. The Kier molecular flexibility index (Phi) is 5.99. The molecule has 0 aliphatic carbocycles. The maximum absolute atomic E-state index is 12.8. The summed E-state index contributed by atoms with van der Waals surface area (Å²) in [5.41, 5.74) is 1.11. The fourth-order valence-electron chi connectivity index (χ4n) is 2.94. The highest BCUT2D eigenvalue weighted by atomic mass is 32.2. The van der Waals surface area contributed by atoms with E-state index in [2.05, 4.69) is 15.0 Å². The van der Waals surface area contributed by atoms with Gasteiger partial charge in [0.1, 0.15) is 17.6 Å². The van der Waals surface area contributed by atoms with Crippen molar-refractivity contribution < 1.29 is 17.9 Å². The quantitative estimate of drug-likeness (QED) is 0.745. The molecule has 1 aliphatic rings. The van der Waals surface area contributed by atoms with Crippen LogP contribution in [0.4, 0.5) is 5.69 Å². The van der Waals surface area contributed by atoms with E-state index >= 15 is 0 Å². The van der Waals surface area contributed by atoms with Gasteiger partial charge in [-0.05, 0) is 42.8 Å². The van der Waals surface area contributed by atoms with Crippen LogP contribution in [0.5, 0.6) is 5.75 Å².